The Morgan fingerprint density at radius 2 is 1.96 bits per heavy atom. The number of furan rings is 1. The standard InChI is InChI=1S/C22H20N2O3S/c1-15-10-11-18(26-2)20-21(15)28-22(23-20)24(14-17-9-6-12-27-17)19(25)13-16-7-4-3-5-8-16/h3-12H,13-14H2,1-2H3. The average molecular weight is 392 g/mol. The van der Waals surface area contributed by atoms with Gasteiger partial charge in [0.05, 0.1) is 31.0 Å². The van der Waals surface area contributed by atoms with Gasteiger partial charge in [-0.3, -0.25) is 9.69 Å². The first-order valence-corrected chi connectivity index (χ1v) is 9.78. The molecule has 0 aliphatic rings. The SMILES string of the molecule is COc1ccc(C)c2sc(N(Cc3ccco3)C(=O)Cc3ccccc3)nc12. The van der Waals surface area contributed by atoms with Gasteiger partial charge in [-0.25, -0.2) is 4.98 Å². The molecule has 4 aromatic rings. The minimum absolute atomic E-state index is 0.0294. The van der Waals surface area contributed by atoms with E-state index in [4.69, 9.17) is 14.1 Å². The van der Waals surface area contributed by atoms with Crippen molar-refractivity contribution in [3.8, 4) is 5.75 Å². The molecule has 28 heavy (non-hydrogen) atoms. The van der Waals surface area contributed by atoms with Gasteiger partial charge in [-0.05, 0) is 36.2 Å². The van der Waals surface area contributed by atoms with Gasteiger partial charge in [0.25, 0.3) is 0 Å². The molecule has 0 atom stereocenters. The van der Waals surface area contributed by atoms with Crippen molar-refractivity contribution < 1.29 is 13.9 Å². The summed E-state index contributed by atoms with van der Waals surface area (Å²) in [5, 5.41) is 0.639. The maximum absolute atomic E-state index is 13.2. The summed E-state index contributed by atoms with van der Waals surface area (Å²) in [4.78, 5) is 19.6. The van der Waals surface area contributed by atoms with Crippen molar-refractivity contribution in [3.63, 3.8) is 0 Å². The van der Waals surface area contributed by atoms with E-state index < -0.39 is 0 Å². The van der Waals surface area contributed by atoms with Crippen LogP contribution in [0.25, 0.3) is 10.2 Å². The quantitative estimate of drug-likeness (QED) is 0.464. The number of carbonyl (C=O) groups is 1. The predicted molar refractivity (Wildman–Crippen MR) is 111 cm³/mol. The Morgan fingerprint density at radius 3 is 2.68 bits per heavy atom. The van der Waals surface area contributed by atoms with Crippen molar-refractivity contribution in [1.29, 1.82) is 0 Å². The molecule has 2 aromatic carbocycles. The average Bonchev–Trinajstić information content (AvgIpc) is 3.37. The lowest BCUT2D eigenvalue weighted by Gasteiger charge is -2.18. The zero-order valence-electron chi connectivity index (χ0n) is 15.7. The zero-order valence-corrected chi connectivity index (χ0v) is 16.5. The number of aryl methyl sites for hydroxylation is 1. The molecule has 0 aliphatic heterocycles. The van der Waals surface area contributed by atoms with E-state index in [9.17, 15) is 4.79 Å². The molecular weight excluding hydrogens is 372 g/mol. The Labute approximate surface area is 167 Å². The van der Waals surface area contributed by atoms with E-state index in [1.165, 1.54) is 11.3 Å². The minimum Gasteiger partial charge on any atom is -0.494 e. The fourth-order valence-electron chi connectivity index (χ4n) is 3.07. The molecule has 2 heterocycles. The lowest BCUT2D eigenvalue weighted by molar-refractivity contribution is -0.118. The van der Waals surface area contributed by atoms with Crippen molar-refractivity contribution in [2.75, 3.05) is 12.0 Å². The second kappa shape index (κ2) is 7.86. The number of nitrogens with zero attached hydrogens (tertiary/aromatic N) is 2. The molecule has 0 spiro atoms. The lowest BCUT2D eigenvalue weighted by Crippen LogP contribution is -2.31. The Kier molecular flexibility index (Phi) is 5.12. The molecule has 142 valence electrons. The number of amides is 1. The summed E-state index contributed by atoms with van der Waals surface area (Å²) in [6, 6.07) is 17.3. The number of carbonyl (C=O) groups excluding carboxylic acids is 1. The molecule has 5 nitrogen and oxygen atoms in total. The van der Waals surface area contributed by atoms with E-state index in [1.807, 2.05) is 61.5 Å². The van der Waals surface area contributed by atoms with Crippen LogP contribution in [0.4, 0.5) is 5.13 Å². The van der Waals surface area contributed by atoms with Gasteiger partial charge in [-0.2, -0.15) is 0 Å². The van der Waals surface area contributed by atoms with Crippen molar-refractivity contribution in [2.45, 2.75) is 19.9 Å². The van der Waals surface area contributed by atoms with E-state index in [-0.39, 0.29) is 5.91 Å². The van der Waals surface area contributed by atoms with Gasteiger partial charge in [-0.15, -0.1) is 0 Å². The summed E-state index contributed by atoms with van der Waals surface area (Å²) >= 11 is 1.49. The molecule has 4 rings (SSSR count). The number of anilines is 1. The van der Waals surface area contributed by atoms with Crippen LogP contribution < -0.4 is 9.64 Å². The summed E-state index contributed by atoms with van der Waals surface area (Å²) in [6.07, 6.45) is 1.91. The fourth-order valence-corrected chi connectivity index (χ4v) is 4.13. The van der Waals surface area contributed by atoms with Gasteiger partial charge >= 0.3 is 0 Å². The summed E-state index contributed by atoms with van der Waals surface area (Å²) in [5.74, 6) is 1.39. The number of thiazole rings is 1. The topological polar surface area (TPSA) is 55.6 Å². The second-order valence-corrected chi connectivity index (χ2v) is 7.46. The Hall–Kier alpha value is -3.12. The van der Waals surface area contributed by atoms with Crippen LogP contribution in [0.2, 0.25) is 0 Å². The van der Waals surface area contributed by atoms with E-state index in [2.05, 4.69) is 0 Å². The van der Waals surface area contributed by atoms with E-state index >= 15 is 0 Å². The summed E-state index contributed by atoms with van der Waals surface area (Å²) in [6.45, 7) is 2.37. The zero-order chi connectivity index (χ0) is 19.5. The van der Waals surface area contributed by atoms with Gasteiger partial charge in [-0.1, -0.05) is 47.7 Å². The van der Waals surface area contributed by atoms with Crippen molar-refractivity contribution >= 4 is 32.6 Å². The number of methoxy groups -OCH3 is 1. The molecular formula is C22H20N2O3S. The van der Waals surface area contributed by atoms with Crippen LogP contribution >= 0.6 is 11.3 Å². The number of ether oxygens (including phenoxy) is 1. The van der Waals surface area contributed by atoms with Gasteiger partial charge in [0.15, 0.2) is 5.13 Å². The molecule has 0 saturated heterocycles. The van der Waals surface area contributed by atoms with Gasteiger partial charge in [0.1, 0.15) is 17.0 Å². The van der Waals surface area contributed by atoms with Crippen LogP contribution in [0.5, 0.6) is 5.75 Å². The Morgan fingerprint density at radius 1 is 1.14 bits per heavy atom. The molecule has 6 heteroatoms. The maximum atomic E-state index is 13.2. The van der Waals surface area contributed by atoms with E-state index in [1.54, 1.807) is 18.3 Å². The summed E-state index contributed by atoms with van der Waals surface area (Å²) < 4.78 is 12.0. The lowest BCUT2D eigenvalue weighted by atomic mass is 10.1. The van der Waals surface area contributed by atoms with Crippen molar-refractivity contribution in [3.05, 3.63) is 77.7 Å². The smallest absolute Gasteiger partial charge is 0.233 e. The number of fused-ring (bicyclic) bond motifs is 1. The number of aromatic nitrogens is 1. The number of hydrogen-bond acceptors (Lipinski definition) is 5. The van der Waals surface area contributed by atoms with Crippen molar-refractivity contribution in [1.82, 2.24) is 4.98 Å². The van der Waals surface area contributed by atoms with E-state index in [0.29, 0.717) is 29.6 Å². The third-order valence-electron chi connectivity index (χ3n) is 4.54. The molecule has 0 aliphatic carbocycles. The van der Waals surface area contributed by atoms with Crippen LogP contribution in [-0.2, 0) is 17.8 Å². The van der Waals surface area contributed by atoms with Crippen LogP contribution in [0, 0.1) is 6.92 Å². The highest BCUT2D eigenvalue weighted by molar-refractivity contribution is 7.22. The Balaban J connectivity index is 1.73. The summed E-state index contributed by atoms with van der Waals surface area (Å²) in [5.41, 5.74) is 2.85. The third kappa shape index (κ3) is 3.64. The molecule has 2 aromatic heterocycles. The second-order valence-electron chi connectivity index (χ2n) is 6.48. The highest BCUT2D eigenvalue weighted by atomic mass is 32.1. The summed E-state index contributed by atoms with van der Waals surface area (Å²) in [7, 11) is 1.63. The molecule has 0 unspecified atom stereocenters. The first-order chi connectivity index (χ1) is 13.7. The third-order valence-corrected chi connectivity index (χ3v) is 5.75. The molecule has 0 N–H and O–H groups in total. The maximum Gasteiger partial charge on any atom is 0.233 e. The molecule has 0 radical (unpaired) electrons. The number of benzene rings is 2. The van der Waals surface area contributed by atoms with Crippen LogP contribution in [0.1, 0.15) is 16.9 Å². The molecule has 1 amide bonds. The van der Waals surface area contributed by atoms with Crippen LogP contribution in [-0.4, -0.2) is 18.0 Å². The number of hydrogen-bond donors (Lipinski definition) is 0. The molecule has 0 bridgehead atoms. The normalized spacial score (nSPS) is 10.9. The first kappa shape index (κ1) is 18.3. The highest BCUT2D eigenvalue weighted by Crippen LogP contribution is 2.37. The Bertz CT molecular complexity index is 1090. The van der Waals surface area contributed by atoms with Gasteiger partial charge in [0, 0.05) is 0 Å². The molecule has 0 saturated carbocycles. The monoisotopic (exact) mass is 392 g/mol. The van der Waals surface area contributed by atoms with Crippen molar-refractivity contribution in [2.24, 2.45) is 0 Å². The molecule has 0 fully saturated rings. The largest absolute Gasteiger partial charge is 0.494 e. The van der Waals surface area contributed by atoms with Crippen LogP contribution in [0.15, 0.2) is 65.3 Å². The van der Waals surface area contributed by atoms with Crippen LogP contribution in [0.3, 0.4) is 0 Å². The first-order valence-electron chi connectivity index (χ1n) is 8.96. The van der Waals surface area contributed by atoms with E-state index in [0.717, 1.165) is 21.3 Å². The number of rotatable bonds is 6. The highest BCUT2D eigenvalue weighted by Gasteiger charge is 2.23. The van der Waals surface area contributed by atoms with Gasteiger partial charge in [0.2, 0.25) is 5.91 Å². The van der Waals surface area contributed by atoms with Gasteiger partial charge < -0.3 is 9.15 Å². The predicted octanol–water partition coefficient (Wildman–Crippen LogP) is 4.98. The minimum atomic E-state index is -0.0294. The fraction of sp³-hybridized carbons (Fsp3) is 0.182.